The van der Waals surface area contributed by atoms with Crippen molar-refractivity contribution >= 4 is 33.2 Å². The normalized spacial score (nSPS) is 19.1. The fraction of sp³-hybridized carbons (Fsp3) is 0.692. The van der Waals surface area contributed by atoms with Gasteiger partial charge in [0.05, 0.1) is 7.11 Å². The summed E-state index contributed by atoms with van der Waals surface area (Å²) < 4.78 is 11.5. The fourth-order valence-electron chi connectivity index (χ4n) is 2.39. The molecule has 5 nitrogen and oxygen atoms in total. The molecule has 1 saturated heterocycles. The van der Waals surface area contributed by atoms with Gasteiger partial charge in [-0.25, -0.2) is 9.78 Å². The predicted molar refractivity (Wildman–Crippen MR) is 80.8 cm³/mol. The summed E-state index contributed by atoms with van der Waals surface area (Å²) in [4.78, 5) is 15.9. The Morgan fingerprint density at radius 2 is 2.20 bits per heavy atom. The number of carbonyl (C=O) groups excluding carboxylic acids is 1. The largest absolute Gasteiger partial charge is 0.467 e. The van der Waals surface area contributed by atoms with Crippen LogP contribution in [0, 0.1) is 0 Å². The number of aromatic nitrogens is 1. The molecule has 0 aliphatic carbocycles. The Balaban J connectivity index is 2.18. The van der Waals surface area contributed by atoms with Crippen LogP contribution in [0.3, 0.4) is 0 Å². The highest BCUT2D eigenvalue weighted by molar-refractivity contribution is 9.10. The maximum absolute atomic E-state index is 11.4. The van der Waals surface area contributed by atoms with Gasteiger partial charge in [-0.2, -0.15) is 0 Å². The van der Waals surface area contributed by atoms with Crippen LogP contribution in [0.5, 0.6) is 0 Å². The van der Waals surface area contributed by atoms with Crippen molar-refractivity contribution < 1.29 is 14.3 Å². The lowest BCUT2D eigenvalue weighted by atomic mass is 9.91. The van der Waals surface area contributed by atoms with Gasteiger partial charge in [0.25, 0.3) is 0 Å². The maximum Gasteiger partial charge on any atom is 0.331 e. The number of nitrogens with one attached hydrogen (secondary N) is 1. The van der Waals surface area contributed by atoms with Crippen LogP contribution in [0.25, 0.3) is 0 Å². The Morgan fingerprint density at radius 1 is 1.50 bits per heavy atom. The third-order valence-electron chi connectivity index (χ3n) is 3.43. The summed E-state index contributed by atoms with van der Waals surface area (Å²) in [6.45, 7) is 1.91. The summed E-state index contributed by atoms with van der Waals surface area (Å²) in [5.41, 5.74) is -0.465. The summed E-state index contributed by atoms with van der Waals surface area (Å²) in [6, 6.07) is 0. The zero-order valence-corrected chi connectivity index (χ0v) is 13.9. The first-order valence-electron chi connectivity index (χ1n) is 6.69. The van der Waals surface area contributed by atoms with E-state index in [1.54, 1.807) is 11.3 Å². The zero-order valence-electron chi connectivity index (χ0n) is 11.5. The van der Waals surface area contributed by atoms with Crippen LogP contribution >= 0.6 is 27.3 Å². The van der Waals surface area contributed by atoms with Crippen molar-refractivity contribution in [1.29, 1.82) is 0 Å². The maximum atomic E-state index is 11.4. The lowest BCUT2D eigenvalue weighted by Gasteiger charge is -2.33. The molecule has 20 heavy (non-hydrogen) atoms. The van der Waals surface area contributed by atoms with Crippen molar-refractivity contribution in [2.75, 3.05) is 26.8 Å². The van der Waals surface area contributed by atoms with Gasteiger partial charge in [-0.3, -0.25) is 0 Å². The fourth-order valence-corrected chi connectivity index (χ4v) is 3.85. The molecule has 2 heterocycles. The number of methoxy groups -OCH3 is 1. The van der Waals surface area contributed by atoms with E-state index in [1.807, 2.05) is 5.38 Å². The lowest BCUT2D eigenvalue weighted by Crippen LogP contribution is -2.36. The number of hydrogen-bond donors (Lipinski definition) is 1. The van der Waals surface area contributed by atoms with Gasteiger partial charge in [0.2, 0.25) is 0 Å². The molecule has 1 fully saturated rings. The van der Waals surface area contributed by atoms with Crippen LogP contribution in [0.2, 0.25) is 0 Å². The van der Waals surface area contributed by atoms with Crippen molar-refractivity contribution in [3.05, 3.63) is 15.0 Å². The Bertz CT molecular complexity index is 445. The molecule has 2 rings (SSSR count). The molecule has 0 bridgehead atoms. The van der Waals surface area contributed by atoms with E-state index in [4.69, 9.17) is 4.74 Å². The molecule has 1 N–H and O–H groups in total. The van der Waals surface area contributed by atoms with E-state index in [0.29, 0.717) is 0 Å². The highest BCUT2D eigenvalue weighted by Crippen LogP contribution is 2.38. The molecular weight excluding hydrogens is 344 g/mol. The Morgan fingerprint density at radius 3 is 2.75 bits per heavy atom. The van der Waals surface area contributed by atoms with Gasteiger partial charge in [0.15, 0.2) is 0 Å². The van der Waals surface area contributed by atoms with Crippen LogP contribution in [-0.4, -0.2) is 37.8 Å². The molecule has 0 radical (unpaired) electrons. The molecule has 1 aliphatic heterocycles. The van der Waals surface area contributed by atoms with Gasteiger partial charge < -0.3 is 14.8 Å². The first kappa shape index (κ1) is 15.9. The minimum Gasteiger partial charge on any atom is -0.467 e. The van der Waals surface area contributed by atoms with Crippen LogP contribution in [0.15, 0.2) is 9.98 Å². The Labute approximate surface area is 131 Å². The second-order valence-electron chi connectivity index (χ2n) is 4.79. The molecule has 0 amide bonds. The number of rotatable bonds is 4. The topological polar surface area (TPSA) is 60.5 Å². The SMILES string of the molecule is COC(=O)COC1(c2nc(Br)cs2)CCCNCCC1. The number of halogens is 1. The molecule has 112 valence electrons. The van der Waals surface area contributed by atoms with Crippen molar-refractivity contribution in [2.45, 2.75) is 31.3 Å². The minimum absolute atomic E-state index is 0.0267. The first-order valence-corrected chi connectivity index (χ1v) is 8.36. The molecule has 0 aromatic carbocycles. The van der Waals surface area contributed by atoms with E-state index in [9.17, 15) is 4.79 Å². The number of thiazole rings is 1. The van der Waals surface area contributed by atoms with Gasteiger partial charge in [0.1, 0.15) is 21.8 Å². The van der Waals surface area contributed by atoms with E-state index in [1.165, 1.54) is 7.11 Å². The Kier molecular flexibility index (Phi) is 5.95. The van der Waals surface area contributed by atoms with E-state index >= 15 is 0 Å². The number of hydrogen-bond acceptors (Lipinski definition) is 6. The van der Waals surface area contributed by atoms with Crippen molar-refractivity contribution in [2.24, 2.45) is 0 Å². The molecule has 0 unspecified atom stereocenters. The van der Waals surface area contributed by atoms with E-state index in [2.05, 4.69) is 31.0 Å². The highest BCUT2D eigenvalue weighted by Gasteiger charge is 2.37. The molecule has 0 spiro atoms. The lowest BCUT2D eigenvalue weighted by molar-refractivity contribution is -0.156. The molecule has 1 aromatic heterocycles. The summed E-state index contributed by atoms with van der Waals surface area (Å²) in [5, 5.41) is 6.28. The number of esters is 1. The summed E-state index contributed by atoms with van der Waals surface area (Å²) in [5.74, 6) is -0.347. The molecule has 0 atom stereocenters. The molecule has 7 heteroatoms. The van der Waals surface area contributed by atoms with Gasteiger partial charge in [-0.15, -0.1) is 11.3 Å². The second-order valence-corrected chi connectivity index (χ2v) is 6.46. The standard InChI is InChI=1S/C13H19BrN2O3S/c1-18-11(17)8-19-13(12-16-10(14)9-20-12)4-2-6-15-7-3-5-13/h9,15H,2-8H2,1H3. The van der Waals surface area contributed by atoms with Crippen molar-refractivity contribution in [3.8, 4) is 0 Å². The van der Waals surface area contributed by atoms with Crippen LogP contribution in [-0.2, 0) is 19.9 Å². The third kappa shape index (κ3) is 4.00. The van der Waals surface area contributed by atoms with Crippen LogP contribution in [0.1, 0.15) is 30.7 Å². The van der Waals surface area contributed by atoms with E-state index in [-0.39, 0.29) is 12.6 Å². The number of ether oxygens (including phenoxy) is 2. The Hall–Kier alpha value is -0.500. The van der Waals surface area contributed by atoms with Gasteiger partial charge in [-0.1, -0.05) is 0 Å². The first-order chi connectivity index (χ1) is 9.66. The summed E-state index contributed by atoms with van der Waals surface area (Å²) in [6.07, 6.45) is 3.71. The summed E-state index contributed by atoms with van der Waals surface area (Å²) in [7, 11) is 1.38. The van der Waals surface area contributed by atoms with Gasteiger partial charge in [0, 0.05) is 5.38 Å². The van der Waals surface area contributed by atoms with E-state index < -0.39 is 5.60 Å². The van der Waals surface area contributed by atoms with Gasteiger partial charge >= 0.3 is 5.97 Å². The van der Waals surface area contributed by atoms with Crippen LogP contribution < -0.4 is 5.32 Å². The monoisotopic (exact) mass is 362 g/mol. The van der Waals surface area contributed by atoms with Gasteiger partial charge in [-0.05, 0) is 54.7 Å². The number of carbonyl (C=O) groups is 1. The van der Waals surface area contributed by atoms with Crippen LogP contribution in [0.4, 0.5) is 0 Å². The zero-order chi connectivity index (χ0) is 14.4. The molecule has 1 aromatic rings. The second kappa shape index (κ2) is 7.49. The smallest absolute Gasteiger partial charge is 0.331 e. The van der Waals surface area contributed by atoms with E-state index in [0.717, 1.165) is 48.4 Å². The average Bonchev–Trinajstić information content (AvgIpc) is 2.85. The highest BCUT2D eigenvalue weighted by atomic mass is 79.9. The minimum atomic E-state index is -0.465. The molecular formula is C13H19BrN2O3S. The van der Waals surface area contributed by atoms with Crippen molar-refractivity contribution in [1.82, 2.24) is 10.3 Å². The molecule has 1 aliphatic rings. The predicted octanol–water partition coefficient (Wildman–Crippen LogP) is 2.45. The van der Waals surface area contributed by atoms with Crippen molar-refractivity contribution in [3.63, 3.8) is 0 Å². The quantitative estimate of drug-likeness (QED) is 0.833. The third-order valence-corrected chi connectivity index (χ3v) is 5.17. The summed E-state index contributed by atoms with van der Waals surface area (Å²) >= 11 is 4.97. The molecule has 0 saturated carbocycles. The average molecular weight is 363 g/mol. The number of nitrogens with zero attached hydrogens (tertiary/aromatic N) is 1.